The maximum absolute atomic E-state index is 12.7. The molecule has 1 unspecified atom stereocenters. The van der Waals surface area contributed by atoms with Crippen LogP contribution in [-0.2, 0) is 11.3 Å². The van der Waals surface area contributed by atoms with Crippen LogP contribution in [-0.4, -0.2) is 48.7 Å². The van der Waals surface area contributed by atoms with E-state index in [0.717, 1.165) is 42.1 Å². The molecule has 2 N–H and O–H groups in total. The number of rotatable bonds is 5. The fourth-order valence-electron chi connectivity index (χ4n) is 3.82. The first-order chi connectivity index (χ1) is 14.8. The molecule has 4 aromatic rings. The summed E-state index contributed by atoms with van der Waals surface area (Å²) in [7, 11) is 0. The first-order valence-electron chi connectivity index (χ1n) is 10.0. The number of fused-ring (bicyclic) bond motifs is 1. The van der Waals surface area contributed by atoms with E-state index in [4.69, 9.17) is 0 Å². The van der Waals surface area contributed by atoms with Crippen LogP contribution in [0.4, 0.5) is 5.82 Å². The van der Waals surface area contributed by atoms with Crippen molar-refractivity contribution in [2.45, 2.75) is 19.4 Å². The second-order valence-electron chi connectivity index (χ2n) is 7.42. The van der Waals surface area contributed by atoms with E-state index in [-0.39, 0.29) is 11.8 Å². The van der Waals surface area contributed by atoms with E-state index in [9.17, 15) is 4.79 Å². The fraction of sp³-hybridized carbons (Fsp3) is 0.286. The van der Waals surface area contributed by atoms with Gasteiger partial charge in [-0.25, -0.2) is 9.97 Å². The number of hydrogen-bond acceptors (Lipinski definition) is 6. The molecule has 4 heterocycles. The van der Waals surface area contributed by atoms with E-state index < -0.39 is 0 Å². The van der Waals surface area contributed by atoms with Gasteiger partial charge in [-0.1, -0.05) is 12.1 Å². The third-order valence-corrected chi connectivity index (χ3v) is 5.39. The predicted octanol–water partition coefficient (Wildman–Crippen LogP) is 2.07. The third kappa shape index (κ3) is 3.73. The molecule has 9 nitrogen and oxygen atoms in total. The molecule has 0 aliphatic carbocycles. The second-order valence-corrected chi connectivity index (χ2v) is 7.42. The fourth-order valence-corrected chi connectivity index (χ4v) is 3.82. The lowest BCUT2D eigenvalue weighted by atomic mass is 9.97. The van der Waals surface area contributed by atoms with Gasteiger partial charge < -0.3 is 15.2 Å². The van der Waals surface area contributed by atoms with Crippen molar-refractivity contribution in [1.82, 2.24) is 35.0 Å². The Morgan fingerprint density at radius 1 is 1.17 bits per heavy atom. The Labute approximate surface area is 173 Å². The molecule has 1 aliphatic rings. The normalized spacial score (nSPS) is 16.7. The van der Waals surface area contributed by atoms with Gasteiger partial charge in [-0.3, -0.25) is 9.36 Å². The van der Waals surface area contributed by atoms with Crippen molar-refractivity contribution < 1.29 is 4.79 Å². The van der Waals surface area contributed by atoms with Gasteiger partial charge in [0.1, 0.15) is 12.2 Å². The van der Waals surface area contributed by atoms with E-state index in [1.807, 2.05) is 42.6 Å². The summed E-state index contributed by atoms with van der Waals surface area (Å²) in [5.41, 5.74) is 1.88. The molecule has 30 heavy (non-hydrogen) atoms. The molecule has 1 aliphatic heterocycles. The number of para-hydroxylation sites is 2. The summed E-state index contributed by atoms with van der Waals surface area (Å²) in [4.78, 5) is 26.7. The number of imidazole rings is 2. The average molecular weight is 402 g/mol. The first kappa shape index (κ1) is 18.3. The van der Waals surface area contributed by atoms with E-state index >= 15 is 0 Å². The molecule has 1 fully saturated rings. The van der Waals surface area contributed by atoms with Gasteiger partial charge >= 0.3 is 0 Å². The van der Waals surface area contributed by atoms with Crippen molar-refractivity contribution in [2.75, 3.05) is 18.0 Å². The molecular weight excluding hydrogens is 380 g/mol. The Bertz CT molecular complexity index is 1100. The summed E-state index contributed by atoms with van der Waals surface area (Å²) in [5.74, 6) is 2.22. The number of benzene rings is 1. The number of piperidine rings is 1. The number of anilines is 1. The van der Waals surface area contributed by atoms with Crippen LogP contribution in [0.3, 0.4) is 0 Å². The molecule has 0 bridgehead atoms. The van der Waals surface area contributed by atoms with Crippen molar-refractivity contribution >= 4 is 22.8 Å². The minimum atomic E-state index is -0.0850. The number of amides is 1. The highest BCUT2D eigenvalue weighted by Crippen LogP contribution is 2.22. The molecular formula is C21H22N8O. The van der Waals surface area contributed by atoms with Crippen molar-refractivity contribution in [3.8, 4) is 5.82 Å². The SMILES string of the molecule is O=C(NCc1nc2ccccc2[nH]1)C1CCCN(c2ccc(-n3ccnc3)nn2)C1. The van der Waals surface area contributed by atoms with E-state index in [0.29, 0.717) is 18.9 Å². The van der Waals surface area contributed by atoms with Crippen molar-refractivity contribution in [1.29, 1.82) is 0 Å². The van der Waals surface area contributed by atoms with Gasteiger partial charge in [0.05, 0.1) is 23.5 Å². The van der Waals surface area contributed by atoms with Gasteiger partial charge in [-0.15, -0.1) is 10.2 Å². The molecule has 0 radical (unpaired) electrons. The zero-order valence-corrected chi connectivity index (χ0v) is 16.4. The van der Waals surface area contributed by atoms with E-state index in [2.05, 4.69) is 35.4 Å². The number of aromatic amines is 1. The van der Waals surface area contributed by atoms with Crippen LogP contribution in [0.2, 0.25) is 0 Å². The quantitative estimate of drug-likeness (QED) is 0.530. The van der Waals surface area contributed by atoms with Gasteiger partial charge in [0.15, 0.2) is 11.6 Å². The minimum Gasteiger partial charge on any atom is -0.354 e. The van der Waals surface area contributed by atoms with E-state index in [1.165, 1.54) is 0 Å². The molecule has 1 saturated heterocycles. The van der Waals surface area contributed by atoms with Crippen LogP contribution in [0.15, 0.2) is 55.1 Å². The molecule has 1 aromatic carbocycles. The summed E-state index contributed by atoms with van der Waals surface area (Å²) in [6.07, 6.45) is 7.02. The number of H-pyrrole nitrogens is 1. The Hall–Kier alpha value is -3.75. The first-order valence-corrected chi connectivity index (χ1v) is 10.0. The Balaban J connectivity index is 1.20. The summed E-state index contributed by atoms with van der Waals surface area (Å²) >= 11 is 0. The van der Waals surface area contributed by atoms with Crippen molar-refractivity contribution in [3.63, 3.8) is 0 Å². The Morgan fingerprint density at radius 2 is 2.03 bits per heavy atom. The summed E-state index contributed by atoms with van der Waals surface area (Å²) in [6, 6.07) is 11.7. The van der Waals surface area contributed by atoms with Crippen LogP contribution >= 0.6 is 0 Å². The number of hydrogen-bond donors (Lipinski definition) is 2. The number of nitrogens with zero attached hydrogens (tertiary/aromatic N) is 6. The molecule has 5 rings (SSSR count). The van der Waals surface area contributed by atoms with Crippen LogP contribution < -0.4 is 10.2 Å². The maximum atomic E-state index is 12.7. The zero-order chi connectivity index (χ0) is 20.3. The highest BCUT2D eigenvalue weighted by Gasteiger charge is 2.26. The smallest absolute Gasteiger partial charge is 0.225 e. The topological polar surface area (TPSA) is 105 Å². The largest absolute Gasteiger partial charge is 0.354 e. The molecule has 0 saturated carbocycles. The van der Waals surface area contributed by atoms with Gasteiger partial charge in [-0.2, -0.15) is 0 Å². The number of carbonyl (C=O) groups excluding carboxylic acids is 1. The number of carbonyl (C=O) groups is 1. The van der Waals surface area contributed by atoms with Crippen molar-refractivity contribution in [2.24, 2.45) is 5.92 Å². The predicted molar refractivity (Wildman–Crippen MR) is 112 cm³/mol. The molecule has 1 atom stereocenters. The highest BCUT2D eigenvalue weighted by atomic mass is 16.1. The lowest BCUT2D eigenvalue weighted by Crippen LogP contribution is -2.43. The average Bonchev–Trinajstić information content (AvgIpc) is 3.47. The third-order valence-electron chi connectivity index (χ3n) is 5.39. The molecule has 1 amide bonds. The lowest BCUT2D eigenvalue weighted by molar-refractivity contribution is -0.125. The maximum Gasteiger partial charge on any atom is 0.225 e. The van der Waals surface area contributed by atoms with Crippen LogP contribution in [0.1, 0.15) is 18.7 Å². The standard InChI is InChI=1S/C21H22N8O/c30-21(23-12-18-24-16-5-1-2-6-17(16)25-18)15-4-3-10-28(13-15)19-7-8-20(27-26-19)29-11-9-22-14-29/h1-2,5-9,11,14-15H,3-4,10,12-13H2,(H,23,30)(H,24,25). The monoisotopic (exact) mass is 402 g/mol. The van der Waals surface area contributed by atoms with Crippen LogP contribution in [0, 0.1) is 5.92 Å². The Morgan fingerprint density at radius 3 is 2.83 bits per heavy atom. The number of nitrogens with one attached hydrogen (secondary N) is 2. The van der Waals surface area contributed by atoms with Gasteiger partial charge in [0.25, 0.3) is 0 Å². The minimum absolute atomic E-state index is 0.0446. The van der Waals surface area contributed by atoms with E-state index in [1.54, 1.807) is 17.1 Å². The molecule has 9 heteroatoms. The van der Waals surface area contributed by atoms with Crippen LogP contribution in [0.5, 0.6) is 0 Å². The highest BCUT2D eigenvalue weighted by molar-refractivity contribution is 5.80. The molecule has 3 aromatic heterocycles. The second kappa shape index (κ2) is 7.94. The molecule has 0 spiro atoms. The molecule has 152 valence electrons. The summed E-state index contributed by atoms with van der Waals surface area (Å²) in [5, 5.41) is 11.7. The lowest BCUT2D eigenvalue weighted by Gasteiger charge is -2.32. The van der Waals surface area contributed by atoms with Gasteiger partial charge in [-0.05, 0) is 37.1 Å². The number of aromatic nitrogens is 6. The summed E-state index contributed by atoms with van der Waals surface area (Å²) < 4.78 is 1.81. The zero-order valence-electron chi connectivity index (χ0n) is 16.4. The Kier molecular flexibility index (Phi) is 4.84. The van der Waals surface area contributed by atoms with Gasteiger partial charge in [0.2, 0.25) is 5.91 Å². The van der Waals surface area contributed by atoms with Crippen molar-refractivity contribution in [3.05, 3.63) is 60.9 Å². The van der Waals surface area contributed by atoms with Crippen LogP contribution in [0.25, 0.3) is 16.9 Å². The van der Waals surface area contributed by atoms with Gasteiger partial charge in [0, 0.05) is 25.5 Å². The summed E-state index contributed by atoms with van der Waals surface area (Å²) in [6.45, 7) is 1.89.